The Morgan fingerprint density at radius 1 is 0.811 bits per heavy atom. The van der Waals surface area contributed by atoms with Crippen molar-refractivity contribution in [1.29, 1.82) is 0 Å². The maximum Gasteiger partial charge on any atom is 0.264 e. The minimum atomic E-state index is -4.04. The number of hydrogen-bond acceptors (Lipinski definition) is 5. The highest BCUT2D eigenvalue weighted by molar-refractivity contribution is 7.92. The molecule has 0 radical (unpaired) electrons. The molecule has 0 aliphatic carbocycles. The molecule has 4 rings (SSSR count). The number of methoxy groups -OCH3 is 2. The number of sulfonamides is 1. The lowest BCUT2D eigenvalue weighted by molar-refractivity contribution is 0.102. The Morgan fingerprint density at radius 3 is 2.19 bits per heavy atom. The molecule has 0 saturated carbocycles. The molecule has 7 nitrogen and oxygen atoms in total. The van der Waals surface area contributed by atoms with Crippen LogP contribution in [0.3, 0.4) is 0 Å². The number of para-hydroxylation sites is 1. The van der Waals surface area contributed by atoms with Gasteiger partial charge in [-0.3, -0.25) is 9.10 Å². The third-order valence-electron chi connectivity index (χ3n) is 5.73. The van der Waals surface area contributed by atoms with E-state index in [1.807, 2.05) is 48.5 Å². The maximum atomic E-state index is 13.9. The smallest absolute Gasteiger partial charge is 0.264 e. The highest BCUT2D eigenvalue weighted by atomic mass is 32.2. The summed E-state index contributed by atoms with van der Waals surface area (Å²) < 4.78 is 39.5. The van der Waals surface area contributed by atoms with Crippen molar-refractivity contribution in [3.05, 3.63) is 120 Å². The minimum Gasteiger partial charge on any atom is -0.497 e. The average molecular weight is 517 g/mol. The van der Waals surface area contributed by atoms with Gasteiger partial charge in [0.1, 0.15) is 5.75 Å². The summed E-state index contributed by atoms with van der Waals surface area (Å²) in [5.41, 5.74) is 2.77. The fraction of sp³-hybridized carbons (Fsp3) is 0.138. The molecule has 190 valence electrons. The van der Waals surface area contributed by atoms with Crippen LogP contribution in [0, 0.1) is 0 Å². The van der Waals surface area contributed by atoms with Crippen molar-refractivity contribution >= 4 is 27.3 Å². The normalized spacial score (nSPS) is 11.1. The molecule has 0 aliphatic rings. The summed E-state index contributed by atoms with van der Waals surface area (Å²) in [7, 11) is -0.917. The lowest BCUT2D eigenvalue weighted by atomic mass is 10.1. The zero-order valence-corrected chi connectivity index (χ0v) is 21.4. The van der Waals surface area contributed by atoms with Crippen LogP contribution in [0.25, 0.3) is 0 Å². The van der Waals surface area contributed by atoms with E-state index in [9.17, 15) is 13.2 Å². The van der Waals surface area contributed by atoms with Crippen molar-refractivity contribution in [3.63, 3.8) is 0 Å². The van der Waals surface area contributed by atoms with Gasteiger partial charge in [0.05, 0.1) is 36.4 Å². The fourth-order valence-corrected chi connectivity index (χ4v) is 5.38. The minimum absolute atomic E-state index is 0.0445. The summed E-state index contributed by atoms with van der Waals surface area (Å²) in [6.07, 6.45) is 0. The number of anilines is 2. The summed E-state index contributed by atoms with van der Waals surface area (Å²) in [5, 5.41) is 2.89. The molecule has 0 saturated heterocycles. The molecule has 0 unspecified atom stereocenters. The first-order chi connectivity index (χ1) is 17.9. The topological polar surface area (TPSA) is 84.9 Å². The van der Waals surface area contributed by atoms with Crippen molar-refractivity contribution in [1.82, 2.24) is 0 Å². The summed E-state index contributed by atoms with van der Waals surface area (Å²) in [6.45, 7) is 0.452. The number of hydrogen-bond donors (Lipinski definition) is 1. The van der Waals surface area contributed by atoms with Gasteiger partial charge in [0.15, 0.2) is 0 Å². The van der Waals surface area contributed by atoms with Crippen LogP contribution in [0.1, 0.15) is 21.5 Å². The summed E-state index contributed by atoms with van der Waals surface area (Å²) >= 11 is 0. The lowest BCUT2D eigenvalue weighted by Gasteiger charge is -2.27. The van der Waals surface area contributed by atoms with Crippen LogP contribution in [0.15, 0.2) is 108 Å². The molecule has 1 N–H and O–H groups in total. The number of amides is 1. The van der Waals surface area contributed by atoms with E-state index >= 15 is 0 Å². The number of rotatable bonds is 10. The van der Waals surface area contributed by atoms with E-state index in [-0.39, 0.29) is 22.7 Å². The van der Waals surface area contributed by atoms with Gasteiger partial charge in [0, 0.05) is 12.8 Å². The van der Waals surface area contributed by atoms with Gasteiger partial charge in [-0.15, -0.1) is 0 Å². The second-order valence-corrected chi connectivity index (χ2v) is 10.1. The molecule has 0 aliphatic heterocycles. The quantitative estimate of drug-likeness (QED) is 0.301. The first-order valence-electron chi connectivity index (χ1n) is 11.6. The van der Waals surface area contributed by atoms with Gasteiger partial charge in [0.2, 0.25) is 0 Å². The van der Waals surface area contributed by atoms with E-state index in [0.717, 1.165) is 11.1 Å². The molecule has 8 heteroatoms. The fourth-order valence-electron chi connectivity index (χ4n) is 3.91. The first kappa shape index (κ1) is 25.9. The number of benzene rings is 4. The first-order valence-corrected chi connectivity index (χ1v) is 13.1. The Balaban J connectivity index is 1.75. The molecule has 4 aromatic rings. The number of nitrogens with one attached hydrogen (secondary N) is 1. The summed E-state index contributed by atoms with van der Waals surface area (Å²) in [5.74, 6) is 0.122. The van der Waals surface area contributed by atoms with Gasteiger partial charge in [0.25, 0.3) is 15.9 Å². The molecule has 1 amide bonds. The number of carbonyl (C=O) groups excluding carboxylic acids is 1. The summed E-state index contributed by atoms with van der Waals surface area (Å²) in [6, 6.07) is 29.4. The van der Waals surface area contributed by atoms with E-state index in [1.165, 1.54) is 23.5 Å². The second-order valence-electron chi connectivity index (χ2n) is 8.28. The van der Waals surface area contributed by atoms with Crippen molar-refractivity contribution in [2.75, 3.05) is 23.8 Å². The van der Waals surface area contributed by atoms with Crippen LogP contribution < -0.4 is 14.4 Å². The molecule has 37 heavy (non-hydrogen) atoms. The molecule has 0 spiro atoms. The predicted molar refractivity (Wildman–Crippen MR) is 144 cm³/mol. The molecule has 4 aromatic carbocycles. The molecular formula is C29H28N2O5S. The SMILES string of the molecule is COCc1cccc(NC(=O)c2ccccc2N(Cc2ccccc2)S(=O)(=O)c2ccc(OC)cc2)c1. The van der Waals surface area contributed by atoms with Gasteiger partial charge < -0.3 is 14.8 Å². The standard InChI is InChI=1S/C29H28N2O5S/c1-35-21-23-11-8-12-24(19-23)30-29(32)27-13-6-7-14-28(27)31(20-22-9-4-3-5-10-22)37(33,34)26-17-15-25(36-2)16-18-26/h3-19H,20-21H2,1-2H3,(H,30,32). The Morgan fingerprint density at radius 2 is 1.49 bits per heavy atom. The van der Waals surface area contributed by atoms with Gasteiger partial charge in [-0.1, -0.05) is 54.6 Å². The van der Waals surface area contributed by atoms with Crippen LogP contribution in [0.5, 0.6) is 5.75 Å². The van der Waals surface area contributed by atoms with Crippen LogP contribution >= 0.6 is 0 Å². The Labute approximate surface area is 217 Å². The number of nitrogens with zero attached hydrogens (tertiary/aromatic N) is 1. The van der Waals surface area contributed by atoms with Crippen molar-refractivity contribution in [2.45, 2.75) is 18.0 Å². The van der Waals surface area contributed by atoms with Gasteiger partial charge in [-0.05, 0) is 59.7 Å². The Bertz CT molecular complexity index is 1460. The van der Waals surface area contributed by atoms with E-state index in [0.29, 0.717) is 18.0 Å². The van der Waals surface area contributed by atoms with Crippen LogP contribution in [-0.4, -0.2) is 28.5 Å². The van der Waals surface area contributed by atoms with E-state index in [4.69, 9.17) is 9.47 Å². The van der Waals surface area contributed by atoms with Crippen molar-refractivity contribution < 1.29 is 22.7 Å². The largest absolute Gasteiger partial charge is 0.497 e. The third-order valence-corrected chi connectivity index (χ3v) is 7.50. The lowest BCUT2D eigenvalue weighted by Crippen LogP contribution is -2.32. The second kappa shape index (κ2) is 11.7. The van der Waals surface area contributed by atoms with Gasteiger partial charge >= 0.3 is 0 Å². The molecule has 0 atom stereocenters. The van der Waals surface area contributed by atoms with Gasteiger partial charge in [-0.2, -0.15) is 0 Å². The molecule has 0 bridgehead atoms. The van der Waals surface area contributed by atoms with Crippen molar-refractivity contribution in [2.24, 2.45) is 0 Å². The highest BCUT2D eigenvalue weighted by Gasteiger charge is 2.28. The number of carbonyl (C=O) groups is 1. The molecule has 0 aromatic heterocycles. The van der Waals surface area contributed by atoms with E-state index in [2.05, 4.69) is 5.32 Å². The Kier molecular flexibility index (Phi) is 8.22. The Hall–Kier alpha value is -4.14. The highest BCUT2D eigenvalue weighted by Crippen LogP contribution is 2.30. The van der Waals surface area contributed by atoms with Crippen LogP contribution in [0.4, 0.5) is 11.4 Å². The third kappa shape index (κ3) is 6.17. The maximum absolute atomic E-state index is 13.9. The van der Waals surface area contributed by atoms with E-state index in [1.54, 1.807) is 49.6 Å². The number of ether oxygens (including phenoxy) is 2. The van der Waals surface area contributed by atoms with Crippen molar-refractivity contribution in [3.8, 4) is 5.75 Å². The van der Waals surface area contributed by atoms with Crippen LogP contribution in [-0.2, 0) is 27.9 Å². The van der Waals surface area contributed by atoms with Gasteiger partial charge in [-0.25, -0.2) is 8.42 Å². The molecular weight excluding hydrogens is 488 g/mol. The zero-order valence-electron chi connectivity index (χ0n) is 20.6. The van der Waals surface area contributed by atoms with Crippen LogP contribution in [0.2, 0.25) is 0 Å². The van der Waals surface area contributed by atoms with E-state index < -0.39 is 15.9 Å². The monoisotopic (exact) mass is 516 g/mol. The zero-order chi connectivity index (χ0) is 26.3. The predicted octanol–water partition coefficient (Wildman–Crippen LogP) is 5.49. The summed E-state index contributed by atoms with van der Waals surface area (Å²) in [4.78, 5) is 13.5. The average Bonchev–Trinajstić information content (AvgIpc) is 2.92. The molecule has 0 fully saturated rings. The molecule has 0 heterocycles.